The van der Waals surface area contributed by atoms with Crippen molar-refractivity contribution < 1.29 is 9.18 Å². The van der Waals surface area contributed by atoms with Crippen molar-refractivity contribution in [1.29, 1.82) is 0 Å². The van der Waals surface area contributed by atoms with Gasteiger partial charge in [-0.1, -0.05) is 26.0 Å². The number of rotatable bonds is 2. The van der Waals surface area contributed by atoms with Gasteiger partial charge < -0.3 is 5.32 Å². The van der Waals surface area contributed by atoms with E-state index in [2.05, 4.69) is 19.2 Å². The maximum atomic E-state index is 13.9. The molecule has 2 rings (SSSR count). The summed E-state index contributed by atoms with van der Waals surface area (Å²) in [6.07, 6.45) is 3.19. The summed E-state index contributed by atoms with van der Waals surface area (Å²) in [5.41, 5.74) is 0.670. The van der Waals surface area contributed by atoms with Crippen molar-refractivity contribution in [2.45, 2.75) is 46.1 Å². The summed E-state index contributed by atoms with van der Waals surface area (Å²) in [4.78, 5) is 12.1. The van der Waals surface area contributed by atoms with E-state index in [0.717, 1.165) is 12.8 Å². The molecular weight excluding hydrogens is 241 g/mol. The third-order valence-electron chi connectivity index (χ3n) is 3.95. The Morgan fingerprint density at radius 3 is 2.47 bits per heavy atom. The predicted molar refractivity (Wildman–Crippen MR) is 74.6 cm³/mol. The second-order valence-corrected chi connectivity index (χ2v) is 6.02. The Hall–Kier alpha value is -1.38. The number of carbonyl (C=O) groups excluding carboxylic acids is 1. The molecule has 19 heavy (non-hydrogen) atoms. The molecule has 0 aliphatic heterocycles. The van der Waals surface area contributed by atoms with Crippen LogP contribution in [-0.4, -0.2) is 11.9 Å². The first-order chi connectivity index (χ1) is 8.97. The molecule has 3 heteroatoms. The van der Waals surface area contributed by atoms with Gasteiger partial charge in [0.05, 0.1) is 5.56 Å². The lowest BCUT2D eigenvalue weighted by molar-refractivity contribution is 0.0907. The Bertz CT molecular complexity index is 462. The third-order valence-corrected chi connectivity index (χ3v) is 3.95. The van der Waals surface area contributed by atoms with Crippen LogP contribution >= 0.6 is 0 Å². The molecule has 1 aliphatic carbocycles. The van der Waals surface area contributed by atoms with E-state index >= 15 is 0 Å². The molecule has 2 unspecified atom stereocenters. The van der Waals surface area contributed by atoms with Gasteiger partial charge in [-0.25, -0.2) is 4.39 Å². The summed E-state index contributed by atoms with van der Waals surface area (Å²) in [6, 6.07) is 5.12. The fourth-order valence-electron chi connectivity index (χ4n) is 3.15. The molecule has 1 amide bonds. The number of benzene rings is 1. The van der Waals surface area contributed by atoms with E-state index < -0.39 is 5.82 Å². The van der Waals surface area contributed by atoms with E-state index in [1.54, 1.807) is 25.1 Å². The number of nitrogens with one attached hydrogen (secondary N) is 1. The number of hydrogen-bond donors (Lipinski definition) is 1. The topological polar surface area (TPSA) is 29.1 Å². The molecule has 0 bridgehead atoms. The van der Waals surface area contributed by atoms with Crippen molar-refractivity contribution >= 4 is 5.91 Å². The van der Waals surface area contributed by atoms with Gasteiger partial charge in [0.25, 0.3) is 5.91 Å². The molecule has 104 valence electrons. The molecule has 0 spiro atoms. The van der Waals surface area contributed by atoms with E-state index in [9.17, 15) is 9.18 Å². The first kappa shape index (κ1) is 14.0. The normalized spacial score (nSPS) is 27.1. The van der Waals surface area contributed by atoms with Crippen molar-refractivity contribution in [2.24, 2.45) is 11.8 Å². The fraction of sp³-hybridized carbons (Fsp3) is 0.562. The molecule has 2 nitrogen and oxygen atoms in total. The molecule has 0 saturated heterocycles. The largest absolute Gasteiger partial charge is 0.349 e. The average molecular weight is 263 g/mol. The lowest BCUT2D eigenvalue weighted by atomic mass is 9.80. The van der Waals surface area contributed by atoms with Crippen LogP contribution in [0.5, 0.6) is 0 Å². The highest BCUT2D eigenvalue weighted by Crippen LogP contribution is 2.28. The Balaban J connectivity index is 2.06. The van der Waals surface area contributed by atoms with E-state index in [1.165, 1.54) is 6.42 Å². The van der Waals surface area contributed by atoms with Gasteiger partial charge in [-0.05, 0) is 49.7 Å². The summed E-state index contributed by atoms with van der Waals surface area (Å²) >= 11 is 0. The zero-order valence-corrected chi connectivity index (χ0v) is 11.9. The molecule has 1 N–H and O–H groups in total. The Labute approximate surface area is 114 Å². The van der Waals surface area contributed by atoms with Crippen LogP contribution < -0.4 is 5.32 Å². The van der Waals surface area contributed by atoms with E-state index in [-0.39, 0.29) is 17.5 Å². The molecule has 0 aromatic heterocycles. The smallest absolute Gasteiger partial charge is 0.254 e. The molecule has 2 atom stereocenters. The molecule has 1 aliphatic rings. The van der Waals surface area contributed by atoms with Crippen LogP contribution in [0.15, 0.2) is 18.2 Å². The SMILES string of the molecule is Cc1cccc(C(=O)NC2CC(C)CC(C)C2)c1F. The van der Waals surface area contributed by atoms with Crippen LogP contribution in [-0.2, 0) is 0 Å². The minimum absolute atomic E-state index is 0.158. The molecule has 0 radical (unpaired) electrons. The lowest BCUT2D eigenvalue weighted by Crippen LogP contribution is -2.40. The van der Waals surface area contributed by atoms with Crippen molar-refractivity contribution in [3.63, 3.8) is 0 Å². The van der Waals surface area contributed by atoms with E-state index in [4.69, 9.17) is 0 Å². The first-order valence-electron chi connectivity index (χ1n) is 7.03. The first-order valence-corrected chi connectivity index (χ1v) is 7.03. The minimum atomic E-state index is -0.406. The highest BCUT2D eigenvalue weighted by Gasteiger charge is 2.26. The molecule has 1 fully saturated rings. The predicted octanol–water partition coefficient (Wildman–Crippen LogP) is 3.69. The van der Waals surface area contributed by atoms with Crippen LogP contribution in [0.2, 0.25) is 0 Å². The zero-order valence-electron chi connectivity index (χ0n) is 11.9. The molecule has 1 aromatic rings. The second kappa shape index (κ2) is 5.72. The number of amides is 1. The Morgan fingerprint density at radius 2 is 1.84 bits per heavy atom. The Kier molecular flexibility index (Phi) is 4.23. The highest BCUT2D eigenvalue weighted by atomic mass is 19.1. The van der Waals surface area contributed by atoms with Gasteiger partial charge in [-0.3, -0.25) is 4.79 Å². The average Bonchev–Trinajstić information content (AvgIpc) is 2.31. The maximum absolute atomic E-state index is 13.9. The van der Waals surface area contributed by atoms with Gasteiger partial charge in [0.1, 0.15) is 5.82 Å². The molecular formula is C16H22FNO. The summed E-state index contributed by atoms with van der Waals surface area (Å²) in [6.45, 7) is 6.10. The number of carbonyl (C=O) groups is 1. The Morgan fingerprint density at radius 1 is 1.21 bits per heavy atom. The minimum Gasteiger partial charge on any atom is -0.349 e. The van der Waals surface area contributed by atoms with Crippen LogP contribution in [0.25, 0.3) is 0 Å². The van der Waals surface area contributed by atoms with Crippen LogP contribution in [0.3, 0.4) is 0 Å². The van der Waals surface area contributed by atoms with Gasteiger partial charge in [-0.15, -0.1) is 0 Å². The van der Waals surface area contributed by atoms with Gasteiger partial charge in [0.15, 0.2) is 0 Å². The van der Waals surface area contributed by atoms with Gasteiger partial charge in [-0.2, -0.15) is 0 Å². The number of halogens is 1. The monoisotopic (exact) mass is 263 g/mol. The van der Waals surface area contributed by atoms with Crippen LogP contribution in [0, 0.1) is 24.6 Å². The second-order valence-electron chi connectivity index (χ2n) is 6.02. The van der Waals surface area contributed by atoms with Gasteiger partial charge in [0.2, 0.25) is 0 Å². The maximum Gasteiger partial charge on any atom is 0.254 e. The number of aryl methyl sites for hydroxylation is 1. The molecule has 1 aromatic carbocycles. The van der Waals surface area contributed by atoms with Crippen molar-refractivity contribution in [3.8, 4) is 0 Å². The van der Waals surface area contributed by atoms with Gasteiger partial charge >= 0.3 is 0 Å². The highest BCUT2D eigenvalue weighted by molar-refractivity contribution is 5.94. The third kappa shape index (κ3) is 3.34. The number of hydrogen-bond acceptors (Lipinski definition) is 1. The lowest BCUT2D eigenvalue weighted by Gasteiger charge is -2.32. The van der Waals surface area contributed by atoms with Crippen molar-refractivity contribution in [3.05, 3.63) is 35.1 Å². The summed E-state index contributed by atoms with van der Waals surface area (Å²) < 4.78 is 13.9. The molecule has 0 heterocycles. The van der Waals surface area contributed by atoms with Crippen molar-refractivity contribution in [2.75, 3.05) is 0 Å². The summed E-state index contributed by atoms with van der Waals surface area (Å²) in [7, 11) is 0. The van der Waals surface area contributed by atoms with Crippen LogP contribution in [0.1, 0.15) is 49.0 Å². The van der Waals surface area contributed by atoms with Gasteiger partial charge in [0, 0.05) is 6.04 Å². The van der Waals surface area contributed by atoms with E-state index in [0.29, 0.717) is 17.4 Å². The zero-order chi connectivity index (χ0) is 14.0. The van der Waals surface area contributed by atoms with Crippen LogP contribution in [0.4, 0.5) is 4.39 Å². The van der Waals surface area contributed by atoms with Crippen molar-refractivity contribution in [1.82, 2.24) is 5.32 Å². The standard InChI is InChI=1S/C16H22FNO/c1-10-7-11(2)9-13(8-10)18-16(19)14-6-4-5-12(3)15(14)17/h4-6,10-11,13H,7-9H2,1-3H3,(H,18,19). The summed E-state index contributed by atoms with van der Waals surface area (Å²) in [5, 5.41) is 2.99. The molecule has 1 saturated carbocycles. The summed E-state index contributed by atoms with van der Waals surface area (Å²) in [5.74, 6) is 0.553. The quantitative estimate of drug-likeness (QED) is 0.866. The van der Waals surface area contributed by atoms with E-state index in [1.807, 2.05) is 0 Å². The fourth-order valence-corrected chi connectivity index (χ4v) is 3.15.